The first-order valence-corrected chi connectivity index (χ1v) is 11.8. The largest absolute Gasteiger partial charge is 0.494 e. The molecule has 180 valence electrons. The van der Waals surface area contributed by atoms with Gasteiger partial charge in [0.2, 0.25) is 0 Å². The first-order valence-electron chi connectivity index (χ1n) is 11.8. The van der Waals surface area contributed by atoms with Crippen LogP contribution in [0, 0.1) is 0 Å². The van der Waals surface area contributed by atoms with Crippen molar-refractivity contribution in [3.05, 3.63) is 46.0 Å². The predicted molar refractivity (Wildman–Crippen MR) is 128 cm³/mol. The molecule has 0 spiro atoms. The number of hydrogen-bond acceptors (Lipinski definition) is 7. The van der Waals surface area contributed by atoms with E-state index in [1.807, 2.05) is 35.9 Å². The van der Waals surface area contributed by atoms with E-state index in [0.29, 0.717) is 25.3 Å². The first kappa shape index (κ1) is 24.9. The van der Waals surface area contributed by atoms with E-state index in [1.165, 1.54) is 0 Å². The van der Waals surface area contributed by atoms with Crippen LogP contribution in [-0.2, 0) is 12.1 Å². The van der Waals surface area contributed by atoms with Gasteiger partial charge in [0.25, 0.3) is 5.56 Å². The van der Waals surface area contributed by atoms with E-state index in [-0.39, 0.29) is 23.7 Å². The molecule has 2 heterocycles. The summed E-state index contributed by atoms with van der Waals surface area (Å²) >= 11 is 0. The number of aromatic nitrogens is 5. The molecule has 0 aliphatic carbocycles. The van der Waals surface area contributed by atoms with Crippen LogP contribution in [0.3, 0.4) is 0 Å². The number of H-pyrrole nitrogens is 1. The van der Waals surface area contributed by atoms with E-state index in [9.17, 15) is 9.90 Å². The van der Waals surface area contributed by atoms with E-state index in [4.69, 9.17) is 4.74 Å². The molecule has 0 saturated heterocycles. The van der Waals surface area contributed by atoms with Gasteiger partial charge in [-0.15, -0.1) is 5.10 Å². The summed E-state index contributed by atoms with van der Waals surface area (Å²) in [6, 6.07) is 7.42. The fraction of sp³-hybridized carbons (Fsp3) is 0.583. The fourth-order valence-electron chi connectivity index (χ4n) is 4.03. The van der Waals surface area contributed by atoms with Crippen LogP contribution in [0.5, 0.6) is 5.75 Å². The number of benzene rings is 1. The summed E-state index contributed by atoms with van der Waals surface area (Å²) in [5, 5.41) is 23.4. The standard InChI is InChI=1S/C24H36N6O3/c1-6-9-21(22-26-27-28-30(22)24(4,5)7-2)29(12-13-31)16-18-14-17-15-19(33-8-3)10-11-20(17)25-23(18)32/h10-11,14-15,21,31H,6-9,12-13,16H2,1-5H3,(H,25,32)/t21-/m1/s1. The number of aliphatic hydroxyl groups is 1. The molecule has 2 N–H and O–H groups in total. The van der Waals surface area contributed by atoms with Gasteiger partial charge in [0.05, 0.1) is 24.8 Å². The Morgan fingerprint density at radius 3 is 2.70 bits per heavy atom. The van der Waals surface area contributed by atoms with E-state index in [1.54, 1.807) is 0 Å². The monoisotopic (exact) mass is 456 g/mol. The molecule has 1 aromatic carbocycles. The lowest BCUT2D eigenvalue weighted by molar-refractivity contribution is 0.122. The molecule has 9 nitrogen and oxygen atoms in total. The zero-order chi connectivity index (χ0) is 24.0. The zero-order valence-corrected chi connectivity index (χ0v) is 20.3. The summed E-state index contributed by atoms with van der Waals surface area (Å²) in [5.74, 6) is 1.52. The van der Waals surface area contributed by atoms with Crippen molar-refractivity contribution in [2.75, 3.05) is 19.8 Å². The smallest absolute Gasteiger partial charge is 0.252 e. The number of aromatic amines is 1. The van der Waals surface area contributed by atoms with Gasteiger partial charge >= 0.3 is 0 Å². The van der Waals surface area contributed by atoms with Gasteiger partial charge in [-0.3, -0.25) is 9.69 Å². The van der Waals surface area contributed by atoms with Gasteiger partial charge in [-0.05, 0) is 68.3 Å². The van der Waals surface area contributed by atoms with Crippen molar-refractivity contribution in [1.29, 1.82) is 0 Å². The lowest BCUT2D eigenvalue weighted by Gasteiger charge is -2.33. The average molecular weight is 457 g/mol. The molecule has 0 aliphatic rings. The molecule has 0 radical (unpaired) electrons. The van der Waals surface area contributed by atoms with E-state index in [0.717, 1.165) is 41.7 Å². The molecular formula is C24H36N6O3. The summed E-state index contributed by atoms with van der Waals surface area (Å²) in [6.45, 7) is 11.7. The van der Waals surface area contributed by atoms with E-state index in [2.05, 4.69) is 53.1 Å². The summed E-state index contributed by atoms with van der Waals surface area (Å²) in [6.07, 6.45) is 2.59. The Morgan fingerprint density at radius 1 is 1.24 bits per heavy atom. The molecule has 3 aromatic rings. The molecular weight excluding hydrogens is 420 g/mol. The highest BCUT2D eigenvalue weighted by molar-refractivity contribution is 5.80. The SMILES string of the molecule is CCC[C@H](c1nnnn1C(C)(C)CC)N(CCO)Cc1cc2cc(OCC)ccc2[nH]c1=O. The number of hydrogen-bond donors (Lipinski definition) is 2. The Labute approximate surface area is 194 Å². The van der Waals surface area contributed by atoms with Gasteiger partial charge in [0.1, 0.15) is 5.75 Å². The normalized spacial score (nSPS) is 13.1. The first-order chi connectivity index (χ1) is 15.8. The van der Waals surface area contributed by atoms with Gasteiger partial charge in [-0.2, -0.15) is 0 Å². The van der Waals surface area contributed by atoms with Crippen molar-refractivity contribution in [3.63, 3.8) is 0 Å². The molecule has 1 atom stereocenters. The van der Waals surface area contributed by atoms with Crippen LogP contribution >= 0.6 is 0 Å². The van der Waals surface area contributed by atoms with E-state index < -0.39 is 0 Å². The number of rotatable bonds is 12. The van der Waals surface area contributed by atoms with Crippen LogP contribution in [-0.4, -0.2) is 55.0 Å². The molecule has 0 saturated carbocycles. The number of pyridine rings is 1. The highest BCUT2D eigenvalue weighted by atomic mass is 16.5. The van der Waals surface area contributed by atoms with Gasteiger partial charge in [0.15, 0.2) is 5.82 Å². The molecule has 2 aromatic heterocycles. The Balaban J connectivity index is 2.01. The summed E-state index contributed by atoms with van der Waals surface area (Å²) in [7, 11) is 0. The molecule has 33 heavy (non-hydrogen) atoms. The highest BCUT2D eigenvalue weighted by Crippen LogP contribution is 2.30. The van der Waals surface area contributed by atoms with Crippen molar-refractivity contribution in [3.8, 4) is 5.75 Å². The van der Waals surface area contributed by atoms with Crippen molar-refractivity contribution in [2.24, 2.45) is 0 Å². The summed E-state index contributed by atoms with van der Waals surface area (Å²) in [5.41, 5.74) is 1.00. The number of ether oxygens (including phenoxy) is 1. The van der Waals surface area contributed by atoms with Crippen LogP contribution in [0.2, 0.25) is 0 Å². The van der Waals surface area contributed by atoms with Crippen molar-refractivity contribution >= 4 is 10.9 Å². The second-order valence-corrected chi connectivity index (χ2v) is 8.92. The third kappa shape index (κ3) is 5.59. The summed E-state index contributed by atoms with van der Waals surface area (Å²) < 4.78 is 7.50. The fourth-order valence-corrected chi connectivity index (χ4v) is 4.03. The third-order valence-electron chi connectivity index (χ3n) is 6.20. The van der Waals surface area contributed by atoms with Gasteiger partial charge in [0, 0.05) is 29.6 Å². The van der Waals surface area contributed by atoms with E-state index >= 15 is 0 Å². The number of nitrogens with zero attached hydrogens (tertiary/aromatic N) is 5. The Kier molecular flexibility index (Phi) is 8.20. The van der Waals surface area contributed by atoms with Crippen LogP contribution in [0.4, 0.5) is 0 Å². The van der Waals surface area contributed by atoms with Crippen molar-refractivity contribution < 1.29 is 9.84 Å². The zero-order valence-electron chi connectivity index (χ0n) is 20.3. The topological polar surface area (TPSA) is 109 Å². The number of aliphatic hydroxyl groups excluding tert-OH is 1. The van der Waals surface area contributed by atoms with Crippen LogP contribution < -0.4 is 10.3 Å². The number of fused-ring (bicyclic) bond motifs is 1. The van der Waals surface area contributed by atoms with Crippen LogP contribution in [0.15, 0.2) is 29.1 Å². The molecule has 0 fully saturated rings. The molecule has 0 amide bonds. The van der Waals surface area contributed by atoms with Crippen LogP contribution in [0.1, 0.15) is 71.3 Å². The second kappa shape index (κ2) is 10.9. The van der Waals surface area contributed by atoms with Gasteiger partial charge in [-0.25, -0.2) is 4.68 Å². The molecule has 0 bridgehead atoms. The minimum atomic E-state index is -0.244. The Morgan fingerprint density at radius 2 is 2.03 bits per heavy atom. The average Bonchev–Trinajstić information content (AvgIpc) is 3.28. The maximum Gasteiger partial charge on any atom is 0.252 e. The van der Waals surface area contributed by atoms with Crippen molar-refractivity contribution in [1.82, 2.24) is 30.1 Å². The lowest BCUT2D eigenvalue weighted by Crippen LogP contribution is -2.37. The third-order valence-corrected chi connectivity index (χ3v) is 6.20. The Bertz CT molecular complexity index is 1110. The number of tetrazole rings is 1. The minimum absolute atomic E-state index is 0.0288. The molecule has 0 unspecified atom stereocenters. The van der Waals surface area contributed by atoms with Crippen molar-refractivity contribution in [2.45, 2.75) is 72.0 Å². The highest BCUT2D eigenvalue weighted by Gasteiger charge is 2.31. The minimum Gasteiger partial charge on any atom is -0.494 e. The maximum atomic E-state index is 12.9. The van der Waals surface area contributed by atoms with Gasteiger partial charge in [-0.1, -0.05) is 20.3 Å². The molecule has 0 aliphatic heterocycles. The quantitative estimate of drug-likeness (QED) is 0.430. The Hall–Kier alpha value is -2.78. The summed E-state index contributed by atoms with van der Waals surface area (Å²) in [4.78, 5) is 18.0. The molecule has 9 heteroatoms. The predicted octanol–water partition coefficient (Wildman–Crippen LogP) is 3.39. The number of nitrogens with one attached hydrogen (secondary N) is 1. The molecule has 3 rings (SSSR count). The van der Waals surface area contributed by atoms with Crippen LogP contribution in [0.25, 0.3) is 10.9 Å². The second-order valence-electron chi connectivity index (χ2n) is 8.92. The lowest BCUT2D eigenvalue weighted by atomic mass is 10.0. The van der Waals surface area contributed by atoms with Gasteiger partial charge < -0.3 is 14.8 Å². The maximum absolute atomic E-state index is 12.9.